The molecule has 0 aromatic heterocycles. The van der Waals surface area contributed by atoms with E-state index in [1.54, 1.807) is 6.92 Å². The quantitative estimate of drug-likeness (QED) is 0.544. The zero-order valence-electron chi connectivity index (χ0n) is 13.0. The van der Waals surface area contributed by atoms with Crippen molar-refractivity contribution < 1.29 is 9.59 Å². The van der Waals surface area contributed by atoms with Gasteiger partial charge in [0.2, 0.25) is 5.91 Å². The first-order valence-electron chi connectivity index (χ1n) is 7.87. The Morgan fingerprint density at radius 2 is 1.37 bits per heavy atom. The number of carbonyl (C=O) groups is 2. The molecule has 1 unspecified atom stereocenters. The highest BCUT2D eigenvalue weighted by molar-refractivity contribution is 5.86. The highest BCUT2D eigenvalue weighted by Gasteiger charge is 2.10. The second kappa shape index (κ2) is 12.2. The zero-order valence-corrected chi connectivity index (χ0v) is 13.0. The molecule has 0 spiro atoms. The molecule has 0 aromatic rings. The van der Waals surface area contributed by atoms with E-state index >= 15 is 0 Å². The van der Waals surface area contributed by atoms with Crippen molar-refractivity contribution in [3.8, 4) is 0 Å². The van der Waals surface area contributed by atoms with Gasteiger partial charge in [-0.3, -0.25) is 9.59 Å². The summed E-state index contributed by atoms with van der Waals surface area (Å²) in [5.41, 5.74) is 0. The summed E-state index contributed by atoms with van der Waals surface area (Å²) in [5, 5.41) is 2.72. The lowest BCUT2D eigenvalue weighted by Gasteiger charge is -2.10. The van der Waals surface area contributed by atoms with Crippen molar-refractivity contribution in [3.05, 3.63) is 0 Å². The Morgan fingerprint density at radius 1 is 0.895 bits per heavy atom. The molecule has 19 heavy (non-hydrogen) atoms. The zero-order chi connectivity index (χ0) is 14.5. The van der Waals surface area contributed by atoms with Gasteiger partial charge in [0.1, 0.15) is 0 Å². The standard InChI is InChI=1S/C16H31NO2/c1-4-5-6-7-8-9-10-11-12-13-16(19)17-14(2)15(3)18/h14H,4-13H2,1-3H3,(H,17,19). The van der Waals surface area contributed by atoms with E-state index < -0.39 is 0 Å². The minimum atomic E-state index is -0.342. The maximum absolute atomic E-state index is 11.5. The Bertz CT molecular complexity index is 251. The summed E-state index contributed by atoms with van der Waals surface area (Å²) >= 11 is 0. The van der Waals surface area contributed by atoms with Crippen molar-refractivity contribution in [2.75, 3.05) is 0 Å². The van der Waals surface area contributed by atoms with Gasteiger partial charge in [-0.2, -0.15) is 0 Å². The number of nitrogens with one attached hydrogen (secondary N) is 1. The molecule has 0 saturated carbocycles. The fourth-order valence-electron chi connectivity index (χ4n) is 2.01. The maximum Gasteiger partial charge on any atom is 0.220 e. The van der Waals surface area contributed by atoms with E-state index in [0.29, 0.717) is 6.42 Å². The van der Waals surface area contributed by atoms with E-state index in [2.05, 4.69) is 12.2 Å². The Hall–Kier alpha value is -0.860. The fraction of sp³-hybridized carbons (Fsp3) is 0.875. The Balaban J connectivity index is 3.30. The van der Waals surface area contributed by atoms with E-state index in [1.807, 2.05) is 0 Å². The first-order valence-corrected chi connectivity index (χ1v) is 7.87. The van der Waals surface area contributed by atoms with Crippen molar-refractivity contribution in [2.45, 2.75) is 91.0 Å². The first-order chi connectivity index (χ1) is 9.07. The summed E-state index contributed by atoms with van der Waals surface area (Å²) in [6.45, 7) is 5.47. The number of rotatable bonds is 12. The van der Waals surface area contributed by atoms with Gasteiger partial charge in [-0.1, -0.05) is 58.3 Å². The van der Waals surface area contributed by atoms with Crippen molar-refractivity contribution in [2.24, 2.45) is 0 Å². The minimum absolute atomic E-state index is 0.00523. The lowest BCUT2D eigenvalue weighted by molar-refractivity contribution is -0.126. The molecule has 0 saturated heterocycles. The number of carbonyl (C=O) groups excluding carboxylic acids is 2. The molecule has 0 radical (unpaired) electrons. The number of Topliss-reactive ketones (excluding diaryl/α,β-unsaturated/α-hetero) is 1. The molecule has 0 aliphatic heterocycles. The topological polar surface area (TPSA) is 46.2 Å². The van der Waals surface area contributed by atoms with Crippen LogP contribution < -0.4 is 5.32 Å². The Labute approximate surface area is 118 Å². The lowest BCUT2D eigenvalue weighted by atomic mass is 10.1. The number of unbranched alkanes of at least 4 members (excludes halogenated alkanes) is 8. The largest absolute Gasteiger partial charge is 0.347 e. The normalized spacial score (nSPS) is 12.2. The summed E-state index contributed by atoms with van der Waals surface area (Å²) < 4.78 is 0. The Kier molecular flexibility index (Phi) is 11.6. The highest BCUT2D eigenvalue weighted by atomic mass is 16.2. The van der Waals surface area contributed by atoms with Crippen LogP contribution in [0.2, 0.25) is 0 Å². The summed E-state index contributed by atoms with van der Waals surface area (Å²) in [4.78, 5) is 22.5. The summed E-state index contributed by atoms with van der Waals surface area (Å²) in [7, 11) is 0. The van der Waals surface area contributed by atoms with E-state index in [9.17, 15) is 9.59 Å². The lowest BCUT2D eigenvalue weighted by Crippen LogP contribution is -2.37. The number of amides is 1. The van der Waals surface area contributed by atoms with E-state index in [0.717, 1.165) is 12.8 Å². The summed E-state index contributed by atoms with van der Waals surface area (Å²) in [5.74, 6) is 0.0195. The molecule has 112 valence electrons. The number of ketones is 1. The van der Waals surface area contributed by atoms with Gasteiger partial charge in [-0.05, 0) is 20.3 Å². The van der Waals surface area contributed by atoms with Crippen molar-refractivity contribution >= 4 is 11.7 Å². The highest BCUT2D eigenvalue weighted by Crippen LogP contribution is 2.10. The van der Waals surface area contributed by atoms with Gasteiger partial charge in [0.25, 0.3) is 0 Å². The van der Waals surface area contributed by atoms with Crippen LogP contribution in [0.4, 0.5) is 0 Å². The van der Waals surface area contributed by atoms with Crippen LogP contribution in [0.3, 0.4) is 0 Å². The van der Waals surface area contributed by atoms with Crippen LogP contribution in [-0.4, -0.2) is 17.7 Å². The minimum Gasteiger partial charge on any atom is -0.347 e. The van der Waals surface area contributed by atoms with Gasteiger partial charge in [-0.15, -0.1) is 0 Å². The van der Waals surface area contributed by atoms with Crippen molar-refractivity contribution in [1.82, 2.24) is 5.32 Å². The summed E-state index contributed by atoms with van der Waals surface area (Å²) in [6.07, 6.45) is 11.8. The molecular weight excluding hydrogens is 238 g/mol. The molecule has 0 fully saturated rings. The monoisotopic (exact) mass is 269 g/mol. The van der Waals surface area contributed by atoms with Crippen LogP contribution >= 0.6 is 0 Å². The molecule has 3 nitrogen and oxygen atoms in total. The van der Waals surface area contributed by atoms with Gasteiger partial charge < -0.3 is 5.32 Å². The van der Waals surface area contributed by atoms with Gasteiger partial charge >= 0.3 is 0 Å². The van der Waals surface area contributed by atoms with Gasteiger partial charge in [-0.25, -0.2) is 0 Å². The van der Waals surface area contributed by atoms with E-state index in [4.69, 9.17) is 0 Å². The fourth-order valence-corrected chi connectivity index (χ4v) is 2.01. The third-order valence-corrected chi connectivity index (χ3v) is 3.49. The van der Waals surface area contributed by atoms with Crippen LogP contribution in [0.15, 0.2) is 0 Å². The van der Waals surface area contributed by atoms with Crippen molar-refractivity contribution in [1.29, 1.82) is 0 Å². The van der Waals surface area contributed by atoms with E-state index in [1.165, 1.54) is 51.9 Å². The molecule has 0 aliphatic rings. The first kappa shape index (κ1) is 18.1. The average Bonchev–Trinajstić information content (AvgIpc) is 2.36. The second-order valence-electron chi connectivity index (χ2n) is 5.48. The second-order valence-corrected chi connectivity index (χ2v) is 5.48. The SMILES string of the molecule is CCCCCCCCCCCC(=O)NC(C)C(C)=O. The van der Waals surface area contributed by atoms with Crippen LogP contribution in [0, 0.1) is 0 Å². The predicted octanol–water partition coefficient (Wildman–Crippen LogP) is 4.00. The molecule has 1 atom stereocenters. The third kappa shape index (κ3) is 11.9. The van der Waals surface area contributed by atoms with Gasteiger partial charge in [0, 0.05) is 6.42 Å². The Morgan fingerprint density at radius 3 is 1.84 bits per heavy atom. The van der Waals surface area contributed by atoms with Crippen LogP contribution in [0.5, 0.6) is 0 Å². The third-order valence-electron chi connectivity index (χ3n) is 3.49. The number of hydrogen-bond acceptors (Lipinski definition) is 2. The average molecular weight is 269 g/mol. The number of hydrogen-bond donors (Lipinski definition) is 1. The van der Waals surface area contributed by atoms with Crippen LogP contribution in [0.25, 0.3) is 0 Å². The molecule has 0 heterocycles. The smallest absolute Gasteiger partial charge is 0.220 e. The van der Waals surface area contributed by atoms with Gasteiger partial charge in [0.05, 0.1) is 6.04 Å². The van der Waals surface area contributed by atoms with E-state index in [-0.39, 0.29) is 17.7 Å². The van der Waals surface area contributed by atoms with Crippen LogP contribution in [-0.2, 0) is 9.59 Å². The maximum atomic E-state index is 11.5. The van der Waals surface area contributed by atoms with Gasteiger partial charge in [0.15, 0.2) is 5.78 Å². The molecule has 1 amide bonds. The van der Waals surface area contributed by atoms with Crippen molar-refractivity contribution in [3.63, 3.8) is 0 Å². The molecule has 0 rings (SSSR count). The molecule has 1 N–H and O–H groups in total. The van der Waals surface area contributed by atoms with Crippen LogP contribution in [0.1, 0.15) is 85.0 Å². The summed E-state index contributed by atoms with van der Waals surface area (Å²) in [6, 6.07) is -0.342. The predicted molar refractivity (Wildman–Crippen MR) is 80.1 cm³/mol. The molecule has 0 aromatic carbocycles. The molecule has 0 bridgehead atoms. The molecule has 3 heteroatoms. The molecule has 0 aliphatic carbocycles. The molecular formula is C16H31NO2.